The lowest BCUT2D eigenvalue weighted by atomic mass is 10.1. The van der Waals surface area contributed by atoms with E-state index < -0.39 is 0 Å². The molecule has 0 saturated heterocycles. The van der Waals surface area contributed by atoms with E-state index in [1.807, 2.05) is 84.9 Å². The van der Waals surface area contributed by atoms with Crippen LogP contribution in [0.3, 0.4) is 0 Å². The summed E-state index contributed by atoms with van der Waals surface area (Å²) in [6.45, 7) is 4.89. The van der Waals surface area contributed by atoms with Crippen molar-refractivity contribution in [3.63, 3.8) is 0 Å². The zero-order valence-corrected chi connectivity index (χ0v) is 21.5. The number of rotatable bonds is 3. The van der Waals surface area contributed by atoms with Crippen molar-refractivity contribution in [3.05, 3.63) is 121 Å². The third kappa shape index (κ3) is 4.66. The quantitative estimate of drug-likeness (QED) is 0.326. The van der Waals surface area contributed by atoms with Crippen LogP contribution in [0.25, 0.3) is 5.70 Å². The minimum Gasteiger partial charge on any atom is -0.307 e. The lowest BCUT2D eigenvalue weighted by Gasteiger charge is -2.26. The lowest BCUT2D eigenvalue weighted by Crippen LogP contribution is -2.37. The maximum Gasteiger partial charge on any atom is 0.259 e. The van der Waals surface area contributed by atoms with E-state index in [1.165, 1.54) is 0 Å². The zero-order valence-electron chi connectivity index (χ0n) is 17.2. The fourth-order valence-corrected chi connectivity index (χ4v) is 4.87. The number of allylic oxidation sites excluding steroid dienone is 1. The first-order valence-electron chi connectivity index (χ1n) is 10.1. The molecule has 1 aliphatic rings. The minimum absolute atomic E-state index is 0.0958. The average Bonchev–Trinajstić information content (AvgIpc) is 2.98. The number of benzene rings is 3. The van der Waals surface area contributed by atoms with Crippen molar-refractivity contribution in [2.45, 2.75) is 0 Å². The first-order valence-corrected chi connectivity index (χ1v) is 12.2. The van der Waals surface area contributed by atoms with Crippen LogP contribution in [0.4, 0.5) is 0 Å². The molecule has 0 N–H and O–H groups in total. The molecule has 3 aromatic carbocycles. The second-order valence-corrected chi connectivity index (χ2v) is 9.58. The van der Waals surface area contributed by atoms with Gasteiger partial charge in [-0.05, 0) is 81.1 Å². The summed E-state index contributed by atoms with van der Waals surface area (Å²) < 4.78 is 1.77. The molecule has 0 bridgehead atoms. The molecule has 0 spiro atoms. The Morgan fingerprint density at radius 1 is 0.688 bits per heavy atom. The molecule has 0 radical (unpaired) electrons. The van der Waals surface area contributed by atoms with Gasteiger partial charge in [-0.3, -0.25) is 9.59 Å². The highest BCUT2D eigenvalue weighted by atomic mass is 127. The van der Waals surface area contributed by atoms with Crippen molar-refractivity contribution in [3.8, 4) is 0 Å². The number of nitrogens with zero attached hydrogens (tertiary/aromatic N) is 2. The van der Waals surface area contributed by atoms with Crippen LogP contribution in [-0.2, 0) is 0 Å². The second kappa shape index (κ2) is 9.99. The van der Waals surface area contributed by atoms with Crippen LogP contribution >= 0.6 is 45.2 Å². The van der Waals surface area contributed by atoms with Gasteiger partial charge in [-0.15, -0.1) is 0 Å². The van der Waals surface area contributed by atoms with E-state index in [2.05, 4.69) is 51.8 Å². The van der Waals surface area contributed by atoms with Gasteiger partial charge in [0.1, 0.15) is 0 Å². The predicted octanol–water partition coefficient (Wildman–Crippen LogP) is 6.05. The summed E-state index contributed by atoms with van der Waals surface area (Å²) in [7, 11) is 0. The average molecular weight is 646 g/mol. The summed E-state index contributed by atoms with van der Waals surface area (Å²) in [5.41, 5.74) is 3.46. The second-order valence-electron chi connectivity index (χ2n) is 7.26. The van der Waals surface area contributed by atoms with Crippen LogP contribution in [0.5, 0.6) is 0 Å². The number of carbonyl (C=O) groups excluding carboxylic acids is 2. The topological polar surface area (TPSA) is 40.6 Å². The maximum atomic E-state index is 13.6. The summed E-state index contributed by atoms with van der Waals surface area (Å²) in [5.74, 6) is -0.214. The summed E-state index contributed by atoms with van der Waals surface area (Å²) in [6.07, 6.45) is 1.84. The molecular weight excluding hydrogens is 626 g/mol. The highest BCUT2D eigenvalue weighted by Gasteiger charge is 2.29. The van der Waals surface area contributed by atoms with Crippen molar-refractivity contribution in [2.24, 2.45) is 0 Å². The third-order valence-electron chi connectivity index (χ3n) is 5.26. The molecule has 6 heteroatoms. The molecule has 1 heterocycles. The third-order valence-corrected chi connectivity index (χ3v) is 7.14. The van der Waals surface area contributed by atoms with E-state index in [4.69, 9.17) is 0 Å². The van der Waals surface area contributed by atoms with Gasteiger partial charge in [-0.2, -0.15) is 0 Å². The fourth-order valence-electron chi connectivity index (χ4n) is 3.63. The van der Waals surface area contributed by atoms with Gasteiger partial charge in [0.15, 0.2) is 0 Å². The molecule has 1 aliphatic heterocycles. The molecule has 160 valence electrons. The highest BCUT2D eigenvalue weighted by Crippen LogP contribution is 2.29. The van der Waals surface area contributed by atoms with Crippen LogP contribution in [0.2, 0.25) is 0 Å². The van der Waals surface area contributed by atoms with Crippen molar-refractivity contribution in [2.75, 3.05) is 13.1 Å². The molecule has 4 rings (SSSR count). The monoisotopic (exact) mass is 646 g/mol. The van der Waals surface area contributed by atoms with E-state index in [-0.39, 0.29) is 11.8 Å². The van der Waals surface area contributed by atoms with Crippen LogP contribution in [0, 0.1) is 7.14 Å². The van der Waals surface area contributed by atoms with Crippen molar-refractivity contribution < 1.29 is 9.59 Å². The van der Waals surface area contributed by atoms with Crippen molar-refractivity contribution >= 4 is 62.7 Å². The van der Waals surface area contributed by atoms with Gasteiger partial charge in [-0.1, -0.05) is 61.2 Å². The molecular formula is C26H20I2N2O2. The van der Waals surface area contributed by atoms with Gasteiger partial charge in [0, 0.05) is 25.9 Å². The number of halogens is 2. The summed E-state index contributed by atoms with van der Waals surface area (Å²) in [4.78, 5) is 30.4. The Morgan fingerprint density at radius 2 is 1.16 bits per heavy atom. The van der Waals surface area contributed by atoms with E-state index in [0.717, 1.165) is 18.4 Å². The molecule has 0 aromatic heterocycles. The van der Waals surface area contributed by atoms with E-state index in [1.54, 1.807) is 9.80 Å². The summed E-state index contributed by atoms with van der Waals surface area (Å²) in [6, 6.07) is 24.8. The van der Waals surface area contributed by atoms with Gasteiger partial charge in [0.25, 0.3) is 11.8 Å². The van der Waals surface area contributed by atoms with E-state index >= 15 is 0 Å². The van der Waals surface area contributed by atoms with Crippen LogP contribution in [0.15, 0.2) is 97.2 Å². The number of hydrogen-bond donors (Lipinski definition) is 0. The molecule has 32 heavy (non-hydrogen) atoms. The van der Waals surface area contributed by atoms with Gasteiger partial charge in [0.05, 0.1) is 16.8 Å². The van der Waals surface area contributed by atoms with Crippen molar-refractivity contribution in [1.82, 2.24) is 9.80 Å². The summed E-state index contributed by atoms with van der Waals surface area (Å²) >= 11 is 4.35. The Bertz CT molecular complexity index is 1220. The first-order chi connectivity index (χ1) is 15.5. The highest BCUT2D eigenvalue weighted by molar-refractivity contribution is 14.1. The zero-order chi connectivity index (χ0) is 22.7. The number of hydrogen-bond acceptors (Lipinski definition) is 2. The van der Waals surface area contributed by atoms with Crippen molar-refractivity contribution in [1.29, 1.82) is 0 Å². The van der Waals surface area contributed by atoms with Crippen LogP contribution in [0.1, 0.15) is 26.3 Å². The smallest absolute Gasteiger partial charge is 0.259 e. The Kier molecular flexibility index (Phi) is 7.10. The van der Waals surface area contributed by atoms with Gasteiger partial charge < -0.3 is 9.80 Å². The van der Waals surface area contributed by atoms with Gasteiger partial charge in [0.2, 0.25) is 0 Å². The molecule has 2 amide bonds. The van der Waals surface area contributed by atoms with Gasteiger partial charge in [-0.25, -0.2) is 0 Å². The summed E-state index contributed by atoms with van der Waals surface area (Å²) in [5, 5.41) is 0. The molecule has 0 aliphatic carbocycles. The lowest BCUT2D eigenvalue weighted by molar-refractivity contribution is 0.0764. The molecule has 0 atom stereocenters. The van der Waals surface area contributed by atoms with Gasteiger partial charge >= 0.3 is 0 Å². The molecule has 0 saturated carbocycles. The number of carbonyl (C=O) groups is 2. The first kappa shape index (κ1) is 22.7. The Morgan fingerprint density at radius 3 is 1.72 bits per heavy atom. The largest absolute Gasteiger partial charge is 0.307 e. The maximum absolute atomic E-state index is 13.6. The predicted molar refractivity (Wildman–Crippen MR) is 144 cm³/mol. The normalized spacial score (nSPS) is 14.1. The van der Waals surface area contributed by atoms with Crippen LogP contribution < -0.4 is 0 Å². The molecule has 4 nitrogen and oxygen atoms in total. The molecule has 0 unspecified atom stereocenters. The minimum atomic E-state index is -0.118. The Balaban J connectivity index is 1.75. The molecule has 3 aromatic rings. The van der Waals surface area contributed by atoms with E-state index in [9.17, 15) is 9.59 Å². The SMILES string of the molecule is C=C1C=C(c2ccccc2)N(C(=O)c2ccccc2I)CCN1C(=O)c1ccccc1I. The fraction of sp³-hybridized carbons (Fsp3) is 0.0769. The standard InChI is InChI=1S/C26H20I2N2O2/c1-18-17-24(19-9-3-2-4-10-19)30(26(32)21-12-6-8-14-23(21)28)16-15-29(18)25(31)20-11-5-7-13-22(20)27/h2-14,17H,1,15-16H2. The number of amides is 2. The van der Waals surface area contributed by atoms with Crippen LogP contribution in [-0.4, -0.2) is 34.7 Å². The Labute approximate surface area is 214 Å². The Hall–Kier alpha value is -2.46. The van der Waals surface area contributed by atoms with E-state index in [0.29, 0.717) is 29.9 Å². The molecule has 0 fully saturated rings.